The van der Waals surface area contributed by atoms with Crippen molar-refractivity contribution in [1.82, 2.24) is 4.90 Å². The first-order valence-electron chi connectivity index (χ1n) is 10.9. The molecule has 2 heterocycles. The minimum absolute atomic E-state index is 0.169. The normalized spacial score (nSPS) is 21.3. The number of rotatable bonds is 6. The van der Waals surface area contributed by atoms with Gasteiger partial charge in [-0.3, -0.25) is 4.79 Å². The summed E-state index contributed by atoms with van der Waals surface area (Å²) in [7, 11) is 3.32. The Morgan fingerprint density at radius 3 is 2.58 bits per heavy atom. The van der Waals surface area contributed by atoms with Crippen LogP contribution in [-0.4, -0.2) is 64.3 Å². The third-order valence-corrected chi connectivity index (χ3v) is 6.50. The second-order valence-electron chi connectivity index (χ2n) is 8.21. The van der Waals surface area contributed by atoms with E-state index in [1.807, 2.05) is 28.0 Å². The standard InChI is InChI=1S/C24H30FN3O3/c1-30-18-9-10-19(23(16-18)31-2)21-8-5-11-28(21)17-24(29)27-14-12-26(13-15-27)22-7-4-3-6-20(22)25/h3-4,6-7,9-10,16,21H,5,8,11-15,17H2,1-2H3/p+1/t21-/m0/s1. The highest BCUT2D eigenvalue weighted by Crippen LogP contribution is 2.31. The Balaban J connectivity index is 1.38. The van der Waals surface area contributed by atoms with Gasteiger partial charge in [0.1, 0.15) is 23.4 Å². The molecule has 31 heavy (non-hydrogen) atoms. The van der Waals surface area contributed by atoms with E-state index in [9.17, 15) is 9.18 Å². The SMILES string of the molecule is COc1ccc([C@@H]2CCC[NH+]2CC(=O)N2CCN(c3ccccc3F)CC2)c(OC)c1. The van der Waals surface area contributed by atoms with E-state index in [4.69, 9.17) is 9.47 Å². The van der Waals surface area contributed by atoms with Crippen molar-refractivity contribution in [3.8, 4) is 11.5 Å². The van der Waals surface area contributed by atoms with E-state index in [1.165, 1.54) is 11.0 Å². The van der Waals surface area contributed by atoms with Gasteiger partial charge in [-0.05, 0) is 24.3 Å². The lowest BCUT2D eigenvalue weighted by Gasteiger charge is -2.36. The van der Waals surface area contributed by atoms with Gasteiger partial charge in [-0.2, -0.15) is 0 Å². The van der Waals surface area contributed by atoms with E-state index in [-0.39, 0.29) is 17.8 Å². The molecule has 0 saturated carbocycles. The van der Waals surface area contributed by atoms with E-state index in [1.54, 1.807) is 26.4 Å². The Hall–Kier alpha value is -2.80. The number of ether oxygens (including phenoxy) is 2. The van der Waals surface area contributed by atoms with Crippen molar-refractivity contribution in [1.29, 1.82) is 0 Å². The van der Waals surface area contributed by atoms with Gasteiger partial charge in [-0.15, -0.1) is 0 Å². The van der Waals surface area contributed by atoms with Crippen molar-refractivity contribution in [2.45, 2.75) is 18.9 Å². The number of amides is 1. The molecule has 1 amide bonds. The maximum Gasteiger partial charge on any atom is 0.277 e. The van der Waals surface area contributed by atoms with Gasteiger partial charge < -0.3 is 24.2 Å². The number of quaternary nitrogens is 1. The van der Waals surface area contributed by atoms with Gasteiger partial charge in [0, 0.05) is 45.1 Å². The molecule has 0 spiro atoms. The summed E-state index contributed by atoms with van der Waals surface area (Å²) in [5, 5.41) is 0. The molecule has 2 aromatic carbocycles. The summed E-state index contributed by atoms with van der Waals surface area (Å²) >= 11 is 0. The van der Waals surface area contributed by atoms with Crippen molar-refractivity contribution < 1.29 is 23.6 Å². The molecule has 0 aliphatic carbocycles. The number of likely N-dealkylation sites (tertiary alicyclic amines) is 1. The average Bonchev–Trinajstić information content (AvgIpc) is 3.26. The van der Waals surface area contributed by atoms with Gasteiger partial charge in [0.25, 0.3) is 5.91 Å². The van der Waals surface area contributed by atoms with Gasteiger partial charge in [0.15, 0.2) is 6.54 Å². The van der Waals surface area contributed by atoms with Crippen molar-refractivity contribution in [2.75, 3.05) is 58.4 Å². The molecule has 0 aromatic heterocycles. The van der Waals surface area contributed by atoms with Crippen LogP contribution in [0.4, 0.5) is 10.1 Å². The third kappa shape index (κ3) is 4.61. The van der Waals surface area contributed by atoms with Crippen LogP contribution in [0.5, 0.6) is 11.5 Å². The predicted molar refractivity (Wildman–Crippen MR) is 117 cm³/mol. The smallest absolute Gasteiger partial charge is 0.277 e. The number of hydrogen-bond acceptors (Lipinski definition) is 4. The number of carbonyl (C=O) groups is 1. The number of nitrogens with zero attached hydrogens (tertiary/aromatic N) is 2. The Morgan fingerprint density at radius 2 is 1.87 bits per heavy atom. The van der Waals surface area contributed by atoms with Crippen LogP contribution in [0.1, 0.15) is 24.4 Å². The molecule has 6 nitrogen and oxygen atoms in total. The van der Waals surface area contributed by atoms with E-state index >= 15 is 0 Å². The van der Waals surface area contributed by atoms with Crippen molar-refractivity contribution in [3.05, 3.63) is 53.8 Å². The molecule has 0 radical (unpaired) electrons. The van der Waals surface area contributed by atoms with Gasteiger partial charge in [0.2, 0.25) is 0 Å². The highest BCUT2D eigenvalue weighted by Gasteiger charge is 2.35. The molecule has 2 aromatic rings. The Morgan fingerprint density at radius 1 is 1.10 bits per heavy atom. The lowest BCUT2D eigenvalue weighted by Crippen LogP contribution is -3.11. The molecule has 2 fully saturated rings. The largest absolute Gasteiger partial charge is 0.497 e. The number of para-hydroxylation sites is 1. The molecule has 7 heteroatoms. The fourth-order valence-corrected chi connectivity index (χ4v) is 4.82. The van der Waals surface area contributed by atoms with Gasteiger partial charge in [-0.1, -0.05) is 12.1 Å². The number of carbonyl (C=O) groups excluding carboxylic acids is 1. The average molecular weight is 429 g/mol. The van der Waals surface area contributed by atoms with Gasteiger partial charge >= 0.3 is 0 Å². The molecule has 4 rings (SSSR count). The van der Waals surface area contributed by atoms with Crippen LogP contribution in [0.2, 0.25) is 0 Å². The molecule has 1 N–H and O–H groups in total. The topological polar surface area (TPSA) is 46.5 Å². The zero-order valence-electron chi connectivity index (χ0n) is 18.3. The van der Waals surface area contributed by atoms with E-state index < -0.39 is 0 Å². The Kier molecular flexibility index (Phi) is 6.61. The van der Waals surface area contributed by atoms with Crippen LogP contribution < -0.4 is 19.3 Å². The first kappa shape index (κ1) is 21.4. The molecule has 166 valence electrons. The molecule has 2 aliphatic rings. The fraction of sp³-hybridized carbons (Fsp3) is 0.458. The first-order chi connectivity index (χ1) is 15.1. The van der Waals surface area contributed by atoms with Crippen LogP contribution in [0.25, 0.3) is 0 Å². The third-order valence-electron chi connectivity index (χ3n) is 6.50. The molecule has 2 saturated heterocycles. The van der Waals surface area contributed by atoms with Crippen LogP contribution in [0.3, 0.4) is 0 Å². The number of piperazine rings is 1. The van der Waals surface area contributed by atoms with Crippen LogP contribution in [0, 0.1) is 5.82 Å². The maximum atomic E-state index is 14.1. The quantitative estimate of drug-likeness (QED) is 0.764. The molecule has 1 unspecified atom stereocenters. The summed E-state index contributed by atoms with van der Waals surface area (Å²) in [4.78, 5) is 18.3. The summed E-state index contributed by atoms with van der Waals surface area (Å²) in [6, 6.07) is 13.0. The lowest BCUT2D eigenvalue weighted by atomic mass is 10.0. The predicted octanol–water partition coefficient (Wildman–Crippen LogP) is 1.91. The van der Waals surface area contributed by atoms with E-state index in [2.05, 4.69) is 6.07 Å². The number of hydrogen-bond donors (Lipinski definition) is 1. The number of halogens is 1. The molecular formula is C24H31FN3O3+. The first-order valence-corrected chi connectivity index (χ1v) is 10.9. The molecule has 2 atom stereocenters. The second-order valence-corrected chi connectivity index (χ2v) is 8.21. The second kappa shape index (κ2) is 9.56. The Labute approximate surface area is 183 Å². The molecule has 2 aliphatic heterocycles. The molecular weight excluding hydrogens is 397 g/mol. The minimum atomic E-state index is -0.208. The van der Waals surface area contributed by atoms with Crippen LogP contribution >= 0.6 is 0 Å². The highest BCUT2D eigenvalue weighted by molar-refractivity contribution is 5.77. The molecule has 0 bridgehead atoms. The Bertz CT molecular complexity index is 915. The zero-order chi connectivity index (χ0) is 21.8. The maximum absolute atomic E-state index is 14.1. The zero-order valence-corrected chi connectivity index (χ0v) is 18.3. The van der Waals surface area contributed by atoms with Crippen molar-refractivity contribution >= 4 is 11.6 Å². The summed E-state index contributed by atoms with van der Waals surface area (Å²) in [5.74, 6) is 1.54. The van der Waals surface area contributed by atoms with E-state index in [0.717, 1.165) is 36.4 Å². The number of anilines is 1. The van der Waals surface area contributed by atoms with Crippen molar-refractivity contribution in [2.24, 2.45) is 0 Å². The lowest BCUT2D eigenvalue weighted by molar-refractivity contribution is -0.910. The fourth-order valence-electron chi connectivity index (χ4n) is 4.82. The van der Waals surface area contributed by atoms with Gasteiger partial charge in [0.05, 0.1) is 32.0 Å². The highest BCUT2D eigenvalue weighted by atomic mass is 19.1. The van der Waals surface area contributed by atoms with Crippen molar-refractivity contribution in [3.63, 3.8) is 0 Å². The summed E-state index contributed by atoms with van der Waals surface area (Å²) in [6.07, 6.45) is 2.12. The van der Waals surface area contributed by atoms with E-state index in [0.29, 0.717) is 38.4 Å². The van der Waals surface area contributed by atoms with Gasteiger partial charge in [-0.25, -0.2) is 4.39 Å². The number of benzene rings is 2. The summed E-state index contributed by atoms with van der Waals surface area (Å²) in [5.41, 5.74) is 1.75. The number of nitrogens with one attached hydrogen (secondary N) is 1. The number of methoxy groups -OCH3 is 2. The monoisotopic (exact) mass is 428 g/mol. The minimum Gasteiger partial charge on any atom is -0.497 e. The van der Waals surface area contributed by atoms with Crippen LogP contribution in [0.15, 0.2) is 42.5 Å². The summed E-state index contributed by atoms with van der Waals surface area (Å²) < 4.78 is 25.0. The van der Waals surface area contributed by atoms with Crippen LogP contribution in [-0.2, 0) is 4.79 Å². The summed E-state index contributed by atoms with van der Waals surface area (Å²) in [6.45, 7) is 3.99.